The Balaban J connectivity index is 1.30. The Morgan fingerprint density at radius 1 is 1.11 bits per heavy atom. The predicted octanol–water partition coefficient (Wildman–Crippen LogP) is 6.17. The number of hydrogen-bond acceptors (Lipinski definition) is 8. The SMILES string of the molecule is Cc1ccc(-c2cc(OC(=O)CCN3C(=O)/C(=C/c4ccc(F)cc4)SC3=S)cc3sc(=O)oc23)cc1. The van der Waals surface area contributed by atoms with Gasteiger partial charge in [-0.15, -0.1) is 0 Å². The van der Waals surface area contributed by atoms with E-state index in [1.165, 1.54) is 17.0 Å². The fourth-order valence-corrected chi connectivity index (χ4v) is 5.78. The first-order valence-corrected chi connectivity index (χ1v) is 13.2. The fraction of sp³-hybridized carbons (Fsp3) is 0.111. The Kier molecular flexibility index (Phi) is 7.05. The van der Waals surface area contributed by atoms with Gasteiger partial charge in [0.2, 0.25) is 0 Å². The molecule has 6 nitrogen and oxygen atoms in total. The van der Waals surface area contributed by atoms with Crippen LogP contribution in [-0.2, 0) is 9.59 Å². The maximum atomic E-state index is 13.2. The zero-order chi connectivity index (χ0) is 26.1. The molecule has 0 bridgehead atoms. The number of nitrogens with zero attached hydrogens (tertiary/aromatic N) is 1. The van der Waals surface area contributed by atoms with Gasteiger partial charge in [0.25, 0.3) is 5.91 Å². The van der Waals surface area contributed by atoms with Crippen LogP contribution in [0.2, 0.25) is 0 Å². The highest BCUT2D eigenvalue weighted by Crippen LogP contribution is 2.35. The molecule has 1 saturated heterocycles. The largest absolute Gasteiger partial charge is 0.426 e. The van der Waals surface area contributed by atoms with Crippen molar-refractivity contribution in [2.45, 2.75) is 13.3 Å². The summed E-state index contributed by atoms with van der Waals surface area (Å²) in [6.07, 6.45) is 1.55. The molecule has 3 aromatic carbocycles. The zero-order valence-corrected chi connectivity index (χ0v) is 21.8. The van der Waals surface area contributed by atoms with E-state index in [9.17, 15) is 18.8 Å². The maximum Gasteiger partial charge on any atom is 0.396 e. The number of esters is 1. The lowest BCUT2D eigenvalue weighted by Crippen LogP contribution is -2.31. The number of rotatable bonds is 6. The second-order valence-corrected chi connectivity index (χ2v) is 10.9. The summed E-state index contributed by atoms with van der Waals surface area (Å²) >= 11 is 7.38. The summed E-state index contributed by atoms with van der Waals surface area (Å²) in [6, 6.07) is 16.7. The quantitative estimate of drug-likeness (QED) is 0.123. The number of carbonyl (C=O) groups is 2. The second-order valence-electron chi connectivity index (χ2n) is 8.23. The normalized spacial score (nSPS) is 14.6. The van der Waals surface area contributed by atoms with Crippen LogP contribution in [0, 0.1) is 12.7 Å². The fourth-order valence-electron chi connectivity index (χ4n) is 3.75. The smallest absolute Gasteiger partial charge is 0.396 e. The molecule has 1 amide bonds. The van der Waals surface area contributed by atoms with Crippen molar-refractivity contribution in [3.63, 3.8) is 0 Å². The molecule has 0 saturated carbocycles. The van der Waals surface area contributed by atoms with E-state index in [0.717, 1.165) is 34.2 Å². The van der Waals surface area contributed by atoms with Crippen LogP contribution >= 0.6 is 35.3 Å². The minimum Gasteiger partial charge on any atom is -0.426 e. The lowest BCUT2D eigenvalue weighted by molar-refractivity contribution is -0.134. The third-order valence-corrected chi connectivity index (χ3v) is 7.73. The minimum atomic E-state index is -0.554. The summed E-state index contributed by atoms with van der Waals surface area (Å²) in [5.41, 5.74) is 3.64. The molecule has 0 atom stereocenters. The van der Waals surface area contributed by atoms with Crippen molar-refractivity contribution < 1.29 is 23.1 Å². The average Bonchev–Trinajstić information content (AvgIpc) is 3.37. The van der Waals surface area contributed by atoms with E-state index in [2.05, 4.69) is 0 Å². The summed E-state index contributed by atoms with van der Waals surface area (Å²) < 4.78 is 25.0. The summed E-state index contributed by atoms with van der Waals surface area (Å²) in [4.78, 5) is 38.7. The van der Waals surface area contributed by atoms with Gasteiger partial charge in [0, 0.05) is 18.2 Å². The molecule has 0 radical (unpaired) electrons. The van der Waals surface area contributed by atoms with Gasteiger partial charge in [-0.2, -0.15) is 0 Å². The molecule has 0 unspecified atom stereocenters. The first-order valence-electron chi connectivity index (χ1n) is 11.1. The van der Waals surface area contributed by atoms with Gasteiger partial charge in [0.15, 0.2) is 5.58 Å². The van der Waals surface area contributed by atoms with Crippen LogP contribution in [-0.4, -0.2) is 27.6 Å². The molecule has 1 aliphatic rings. The third-order valence-electron chi connectivity index (χ3n) is 5.58. The Bertz CT molecular complexity index is 1620. The van der Waals surface area contributed by atoms with Crippen molar-refractivity contribution in [2.24, 2.45) is 0 Å². The lowest BCUT2D eigenvalue weighted by Gasteiger charge is -2.14. The summed E-state index contributed by atoms with van der Waals surface area (Å²) in [7, 11) is 0. The number of halogens is 1. The highest BCUT2D eigenvalue weighted by Gasteiger charge is 2.32. The van der Waals surface area contributed by atoms with Gasteiger partial charge in [-0.05, 0) is 42.3 Å². The molecule has 37 heavy (non-hydrogen) atoms. The molecule has 0 N–H and O–H groups in total. The van der Waals surface area contributed by atoms with Crippen LogP contribution in [0.4, 0.5) is 4.39 Å². The predicted molar refractivity (Wildman–Crippen MR) is 147 cm³/mol. The van der Waals surface area contributed by atoms with Crippen molar-refractivity contribution in [2.75, 3.05) is 6.54 Å². The topological polar surface area (TPSA) is 76.8 Å². The van der Waals surface area contributed by atoms with E-state index in [1.807, 2.05) is 31.2 Å². The Morgan fingerprint density at radius 2 is 1.84 bits per heavy atom. The van der Waals surface area contributed by atoms with E-state index in [4.69, 9.17) is 21.4 Å². The first kappa shape index (κ1) is 25.1. The number of fused-ring (bicyclic) bond motifs is 1. The summed E-state index contributed by atoms with van der Waals surface area (Å²) in [5, 5.41) is 0. The van der Waals surface area contributed by atoms with Crippen LogP contribution in [0.1, 0.15) is 17.5 Å². The van der Waals surface area contributed by atoms with Crippen LogP contribution in [0.3, 0.4) is 0 Å². The number of aryl methyl sites for hydroxylation is 1. The van der Waals surface area contributed by atoms with Gasteiger partial charge < -0.3 is 9.15 Å². The molecule has 4 aromatic rings. The van der Waals surface area contributed by atoms with Crippen molar-refractivity contribution in [1.29, 1.82) is 0 Å². The van der Waals surface area contributed by atoms with Crippen molar-refractivity contribution in [3.05, 3.63) is 92.2 Å². The van der Waals surface area contributed by atoms with Gasteiger partial charge in [-0.1, -0.05) is 77.3 Å². The van der Waals surface area contributed by atoms with Crippen LogP contribution in [0.15, 0.2) is 74.8 Å². The first-order chi connectivity index (χ1) is 17.8. The number of carbonyl (C=O) groups excluding carboxylic acids is 2. The summed E-state index contributed by atoms with van der Waals surface area (Å²) in [5.74, 6) is -0.970. The highest BCUT2D eigenvalue weighted by molar-refractivity contribution is 8.26. The molecule has 5 rings (SSSR count). The van der Waals surface area contributed by atoms with E-state index in [1.54, 1.807) is 30.3 Å². The van der Waals surface area contributed by atoms with Crippen molar-refractivity contribution in [3.8, 4) is 16.9 Å². The standard InChI is InChI=1S/C27H18FNO5S3/c1-15-2-6-17(7-3-15)20-13-19(14-21-24(20)34-27(32)37-21)33-23(30)10-11-29-25(31)22(36-26(29)35)12-16-4-8-18(28)9-5-16/h2-9,12-14H,10-11H2,1H3/b22-12-. The van der Waals surface area contributed by atoms with Gasteiger partial charge >= 0.3 is 10.9 Å². The Labute approximate surface area is 224 Å². The second kappa shape index (κ2) is 10.4. The molecule has 0 spiro atoms. The number of thiocarbonyl (C=S) groups is 1. The lowest BCUT2D eigenvalue weighted by atomic mass is 10.0. The average molecular weight is 552 g/mol. The molecule has 1 aliphatic heterocycles. The molecular weight excluding hydrogens is 533 g/mol. The molecule has 1 fully saturated rings. The zero-order valence-electron chi connectivity index (χ0n) is 19.4. The van der Waals surface area contributed by atoms with Gasteiger partial charge in [-0.3, -0.25) is 14.5 Å². The monoisotopic (exact) mass is 551 g/mol. The van der Waals surface area contributed by atoms with Crippen LogP contribution in [0.5, 0.6) is 5.75 Å². The Hall–Kier alpha value is -3.60. The third kappa shape index (κ3) is 5.56. The number of ether oxygens (including phenoxy) is 1. The number of benzene rings is 3. The molecule has 0 aliphatic carbocycles. The van der Waals surface area contributed by atoms with Gasteiger partial charge in [-0.25, -0.2) is 9.18 Å². The summed E-state index contributed by atoms with van der Waals surface area (Å²) in [6.45, 7) is 2.02. The van der Waals surface area contributed by atoms with Crippen LogP contribution in [0.25, 0.3) is 27.5 Å². The molecular formula is C27H18FNO5S3. The van der Waals surface area contributed by atoms with Crippen molar-refractivity contribution >= 4 is 67.9 Å². The highest BCUT2D eigenvalue weighted by atomic mass is 32.2. The van der Waals surface area contributed by atoms with E-state index in [-0.39, 0.29) is 30.4 Å². The van der Waals surface area contributed by atoms with Gasteiger partial charge in [0.05, 0.1) is 16.0 Å². The van der Waals surface area contributed by atoms with E-state index < -0.39 is 10.9 Å². The van der Waals surface area contributed by atoms with Crippen molar-refractivity contribution in [1.82, 2.24) is 4.90 Å². The molecule has 186 valence electrons. The van der Waals surface area contributed by atoms with E-state index >= 15 is 0 Å². The van der Waals surface area contributed by atoms with E-state index in [0.29, 0.717) is 30.6 Å². The number of hydrogen-bond donors (Lipinski definition) is 0. The number of amides is 1. The van der Waals surface area contributed by atoms with Gasteiger partial charge in [0.1, 0.15) is 15.9 Å². The number of thioether (sulfide) groups is 1. The molecule has 2 heterocycles. The van der Waals surface area contributed by atoms with Crippen LogP contribution < -0.4 is 9.68 Å². The molecule has 10 heteroatoms. The minimum absolute atomic E-state index is 0.0519. The Morgan fingerprint density at radius 3 is 2.57 bits per heavy atom. The maximum absolute atomic E-state index is 13.2. The molecule has 1 aromatic heterocycles.